The average molecular weight is 322 g/mol. The van der Waals surface area contributed by atoms with Gasteiger partial charge in [0, 0.05) is 5.88 Å². The first-order valence-electron chi connectivity index (χ1n) is 3.95. The average Bonchev–Trinajstić information content (AvgIpc) is 2.38. The fourth-order valence-corrected chi connectivity index (χ4v) is 1.98. The van der Waals surface area contributed by atoms with Crippen LogP contribution >= 0.6 is 50.7 Å². The summed E-state index contributed by atoms with van der Waals surface area (Å²) in [6, 6.07) is 0. The van der Waals surface area contributed by atoms with Gasteiger partial charge in [0.15, 0.2) is 10.3 Å². The number of imidazole rings is 1. The number of rotatable bonds is 5. The molecule has 0 aliphatic heterocycles. The van der Waals surface area contributed by atoms with Gasteiger partial charge in [0.25, 0.3) is 0 Å². The van der Waals surface area contributed by atoms with Gasteiger partial charge in [-0.25, -0.2) is 4.98 Å². The van der Waals surface area contributed by atoms with Crippen molar-refractivity contribution >= 4 is 50.7 Å². The Morgan fingerprint density at radius 3 is 2.57 bits per heavy atom. The van der Waals surface area contributed by atoms with Gasteiger partial charge in [-0.15, -0.1) is 16.3 Å². The highest BCUT2D eigenvalue weighted by Crippen LogP contribution is 2.24. The van der Waals surface area contributed by atoms with E-state index in [2.05, 4.69) is 20.9 Å². The van der Waals surface area contributed by atoms with Gasteiger partial charge < -0.3 is 4.84 Å². The first-order valence-corrected chi connectivity index (χ1v) is 6.03. The maximum absolute atomic E-state index is 5.81. The quantitative estimate of drug-likeness (QED) is 0.614. The van der Waals surface area contributed by atoms with E-state index in [9.17, 15) is 0 Å². The van der Waals surface area contributed by atoms with Gasteiger partial charge >= 0.3 is 0 Å². The van der Waals surface area contributed by atoms with E-state index in [1.165, 1.54) is 4.73 Å². The molecular formula is C7H8BrCl3N2O. The zero-order valence-electron chi connectivity index (χ0n) is 7.14. The van der Waals surface area contributed by atoms with Gasteiger partial charge in [-0.3, -0.25) is 0 Å². The lowest BCUT2D eigenvalue weighted by atomic mass is 10.4. The molecule has 1 aromatic heterocycles. The summed E-state index contributed by atoms with van der Waals surface area (Å²) in [5.74, 6) is 0.628. The van der Waals surface area contributed by atoms with E-state index in [-0.39, 0.29) is 10.3 Å². The molecule has 1 heterocycles. The smallest absolute Gasteiger partial charge is 0.214 e. The standard InChI is InChI=1S/C7H8BrCl3N2O/c8-7-12-5(10)6(11)13(7)14-4-2-1-3-9/h1-4H2. The van der Waals surface area contributed by atoms with Crippen LogP contribution in [0.25, 0.3) is 0 Å². The second-order valence-electron chi connectivity index (χ2n) is 2.49. The van der Waals surface area contributed by atoms with Crippen LogP contribution in [0.15, 0.2) is 4.73 Å². The maximum Gasteiger partial charge on any atom is 0.214 e. The van der Waals surface area contributed by atoms with E-state index in [0.717, 1.165) is 12.8 Å². The molecule has 1 aromatic rings. The van der Waals surface area contributed by atoms with Crippen molar-refractivity contribution in [1.82, 2.24) is 9.71 Å². The largest absolute Gasteiger partial charge is 0.410 e. The van der Waals surface area contributed by atoms with Gasteiger partial charge in [0.1, 0.15) is 6.61 Å². The Hall–Kier alpha value is 0.360. The number of unbranched alkanes of at least 4 members (excludes halogenated alkanes) is 1. The molecule has 0 radical (unpaired) electrons. The van der Waals surface area contributed by atoms with E-state index >= 15 is 0 Å². The normalized spacial score (nSPS) is 10.6. The summed E-state index contributed by atoms with van der Waals surface area (Å²) in [6.45, 7) is 0.526. The van der Waals surface area contributed by atoms with Crippen LogP contribution in [0, 0.1) is 0 Å². The summed E-state index contributed by atoms with van der Waals surface area (Å²) in [6.07, 6.45) is 1.77. The molecule has 0 aromatic carbocycles. The lowest BCUT2D eigenvalue weighted by molar-refractivity contribution is 0.103. The summed E-state index contributed by atoms with van der Waals surface area (Å²) < 4.78 is 1.80. The number of hydrogen-bond donors (Lipinski definition) is 0. The summed E-state index contributed by atoms with van der Waals surface area (Å²) in [4.78, 5) is 9.19. The van der Waals surface area contributed by atoms with Gasteiger partial charge in [-0.1, -0.05) is 23.2 Å². The van der Waals surface area contributed by atoms with Crippen molar-refractivity contribution in [2.24, 2.45) is 0 Å². The van der Waals surface area contributed by atoms with Gasteiger partial charge in [0.05, 0.1) is 0 Å². The van der Waals surface area contributed by atoms with Crippen LogP contribution in [0.4, 0.5) is 0 Å². The molecule has 0 unspecified atom stereocenters. The molecule has 80 valence electrons. The summed E-state index contributed by atoms with van der Waals surface area (Å²) in [5, 5.41) is 0.486. The second-order valence-corrected chi connectivity index (χ2v) is 4.29. The third-order valence-electron chi connectivity index (χ3n) is 1.45. The summed E-state index contributed by atoms with van der Waals surface area (Å²) >= 11 is 20.2. The lowest BCUT2D eigenvalue weighted by Crippen LogP contribution is -2.13. The van der Waals surface area contributed by atoms with Crippen LogP contribution in [-0.4, -0.2) is 22.2 Å². The zero-order valence-corrected chi connectivity index (χ0v) is 11.0. The molecule has 0 spiro atoms. The zero-order chi connectivity index (χ0) is 10.6. The highest BCUT2D eigenvalue weighted by Gasteiger charge is 2.12. The first kappa shape index (κ1) is 12.4. The Kier molecular flexibility index (Phi) is 5.38. The molecule has 0 aliphatic rings. The molecule has 14 heavy (non-hydrogen) atoms. The molecule has 0 aliphatic carbocycles. The molecule has 7 heteroatoms. The third-order valence-corrected chi connectivity index (χ3v) is 2.91. The van der Waals surface area contributed by atoms with Crippen molar-refractivity contribution in [3.8, 4) is 0 Å². The van der Waals surface area contributed by atoms with Gasteiger partial charge in [0.2, 0.25) is 4.73 Å². The predicted molar refractivity (Wildman–Crippen MR) is 61.3 cm³/mol. The monoisotopic (exact) mass is 320 g/mol. The number of aromatic nitrogens is 2. The van der Waals surface area contributed by atoms with Crippen molar-refractivity contribution in [3.05, 3.63) is 15.0 Å². The number of hydrogen-bond acceptors (Lipinski definition) is 2. The second kappa shape index (κ2) is 6.05. The van der Waals surface area contributed by atoms with Crippen LogP contribution < -0.4 is 4.84 Å². The molecule has 0 bridgehead atoms. The molecule has 1 rings (SSSR count). The van der Waals surface area contributed by atoms with E-state index in [1.54, 1.807) is 0 Å². The molecule has 0 amide bonds. The highest BCUT2D eigenvalue weighted by molar-refractivity contribution is 9.10. The Balaban J connectivity index is 2.49. The summed E-state index contributed by atoms with van der Waals surface area (Å²) in [5.41, 5.74) is 0. The van der Waals surface area contributed by atoms with Gasteiger partial charge in [-0.05, 0) is 28.8 Å². The maximum atomic E-state index is 5.81. The van der Waals surface area contributed by atoms with Crippen molar-refractivity contribution < 1.29 is 4.84 Å². The van der Waals surface area contributed by atoms with Crippen LogP contribution in [0.5, 0.6) is 0 Å². The van der Waals surface area contributed by atoms with E-state index in [4.69, 9.17) is 39.6 Å². The van der Waals surface area contributed by atoms with Crippen molar-refractivity contribution in [1.29, 1.82) is 0 Å². The molecule has 0 saturated heterocycles. The number of nitrogens with zero attached hydrogens (tertiary/aromatic N) is 2. The number of halogens is 4. The Labute approximate surface area is 105 Å². The molecular weight excluding hydrogens is 314 g/mol. The third kappa shape index (κ3) is 3.19. The number of alkyl halides is 1. The van der Waals surface area contributed by atoms with Crippen LogP contribution in [0.2, 0.25) is 10.3 Å². The Bertz CT molecular complexity index is 305. The highest BCUT2D eigenvalue weighted by atomic mass is 79.9. The van der Waals surface area contributed by atoms with Crippen LogP contribution in [0.1, 0.15) is 12.8 Å². The van der Waals surface area contributed by atoms with E-state index in [1.807, 2.05) is 0 Å². The van der Waals surface area contributed by atoms with E-state index in [0.29, 0.717) is 17.2 Å². The van der Waals surface area contributed by atoms with Crippen LogP contribution in [0.3, 0.4) is 0 Å². The molecule has 0 fully saturated rings. The molecule has 0 atom stereocenters. The van der Waals surface area contributed by atoms with E-state index < -0.39 is 0 Å². The lowest BCUT2D eigenvalue weighted by Gasteiger charge is -2.07. The topological polar surface area (TPSA) is 27.1 Å². The molecule has 0 N–H and O–H groups in total. The van der Waals surface area contributed by atoms with Gasteiger partial charge in [-0.2, -0.15) is 0 Å². The minimum absolute atomic E-state index is 0.218. The fraction of sp³-hybridized carbons (Fsp3) is 0.571. The molecule has 0 saturated carbocycles. The predicted octanol–water partition coefficient (Wildman–Crippen LogP) is 3.40. The Morgan fingerprint density at radius 1 is 1.36 bits per heavy atom. The first-order chi connectivity index (χ1) is 6.66. The van der Waals surface area contributed by atoms with Crippen LogP contribution in [-0.2, 0) is 0 Å². The van der Waals surface area contributed by atoms with Crippen molar-refractivity contribution in [2.75, 3.05) is 12.5 Å². The fourth-order valence-electron chi connectivity index (χ4n) is 0.800. The summed E-state index contributed by atoms with van der Waals surface area (Å²) in [7, 11) is 0. The Morgan fingerprint density at radius 2 is 2.07 bits per heavy atom. The molecule has 3 nitrogen and oxygen atoms in total. The minimum atomic E-state index is 0.218. The van der Waals surface area contributed by atoms with Crippen molar-refractivity contribution in [3.63, 3.8) is 0 Å². The SMILES string of the molecule is ClCCCCOn1c(Br)nc(Cl)c1Cl. The van der Waals surface area contributed by atoms with Crippen molar-refractivity contribution in [2.45, 2.75) is 12.8 Å². The minimum Gasteiger partial charge on any atom is -0.410 e.